The first-order chi connectivity index (χ1) is 61.2. The van der Waals surface area contributed by atoms with Gasteiger partial charge in [0.15, 0.2) is 0 Å². The van der Waals surface area contributed by atoms with Crippen molar-refractivity contribution in [2.24, 2.45) is 10.9 Å². The Kier molecular flexibility index (Phi) is 20.4. The molecule has 0 fully saturated rings. The molecule has 0 atom stereocenters. The number of hydrogen-bond donors (Lipinski definition) is 3. The van der Waals surface area contributed by atoms with Gasteiger partial charge in [0.25, 0.3) is 0 Å². The topological polar surface area (TPSA) is 98.4 Å². The lowest BCUT2D eigenvalue weighted by Gasteiger charge is -2.28. The van der Waals surface area contributed by atoms with Crippen LogP contribution in [0.25, 0.3) is 127 Å². The van der Waals surface area contributed by atoms with Gasteiger partial charge in [-0.15, -0.1) is 0 Å². The fourth-order valence-electron chi connectivity index (χ4n) is 22.7. The van der Waals surface area contributed by atoms with Gasteiger partial charge in [0.2, 0.25) is 0 Å². The molecule has 0 spiro atoms. The second-order valence-corrected chi connectivity index (χ2v) is 44.4. The van der Waals surface area contributed by atoms with Gasteiger partial charge in [0.1, 0.15) is 17.5 Å². The number of rotatable bonds is 4. The Morgan fingerprint density at radius 3 is 1.02 bits per heavy atom. The molecule has 0 amide bonds. The lowest BCUT2D eigenvalue weighted by atomic mass is 9.77. The first kappa shape index (κ1) is 83.6. The van der Waals surface area contributed by atoms with Crippen LogP contribution in [0.5, 0.6) is 0 Å². The van der Waals surface area contributed by atoms with Crippen molar-refractivity contribution in [3.8, 4) is 78.3 Å². The Morgan fingerprint density at radius 2 is 0.539 bits per heavy atom. The molecule has 15 aromatic rings. The number of aliphatic imine (C=N–C) groups is 1. The summed E-state index contributed by atoms with van der Waals surface area (Å²) in [7, 11) is 0. The monoisotopic (exact) mass is 1680 g/mol. The average Bonchev–Trinajstić information content (AvgIpc) is 0.927. The SMILES string of the molecule is CC(C)C1=NC2=C(C1)c1cc3c(cc1CC2)-c1cc2ccc(C(C)(C)C)cc2cc1CC3.CC(C)c1nc2c([nH]1)CCc1c-2ccc2c1CCc1c-2ccc2cc(C(C)(C)C)ccc12.CC(C)c1nc2c([nH]1)CCc1c-2ccc2c1CCc1cc3cc(C(C)(C)C)ccc3cc1-2.CC(C)c1nc2c([nH]1)CCc1cc3c(cc1-2)CCc1c-3ccc2cc(C(C)(C)C)ccc12. The van der Waals surface area contributed by atoms with Crippen molar-refractivity contribution in [3.63, 3.8) is 0 Å². The predicted octanol–water partition coefficient (Wildman–Crippen LogP) is 30.6. The third-order valence-electron chi connectivity index (χ3n) is 30.4. The number of aryl methyl sites for hydroxylation is 11. The molecule has 0 radical (unpaired) electrons. The molecule has 8 aliphatic carbocycles. The third kappa shape index (κ3) is 14.8. The maximum absolute atomic E-state index is 5.01. The van der Waals surface area contributed by atoms with Gasteiger partial charge < -0.3 is 15.0 Å². The summed E-state index contributed by atoms with van der Waals surface area (Å²) < 4.78 is 0. The number of aromatic amines is 3. The third-order valence-corrected chi connectivity index (χ3v) is 30.4. The van der Waals surface area contributed by atoms with Crippen LogP contribution in [0.3, 0.4) is 0 Å². The number of aromatic nitrogens is 6. The molecule has 24 rings (SSSR count). The van der Waals surface area contributed by atoms with Crippen molar-refractivity contribution in [2.45, 2.75) is 287 Å². The molecule has 12 aromatic carbocycles. The van der Waals surface area contributed by atoms with E-state index in [0.29, 0.717) is 23.7 Å². The van der Waals surface area contributed by atoms with Crippen LogP contribution in [0.15, 0.2) is 181 Å². The number of fused-ring (bicyclic) bond motifs is 31. The summed E-state index contributed by atoms with van der Waals surface area (Å²) in [6.45, 7) is 45.3. The van der Waals surface area contributed by atoms with E-state index in [1.807, 2.05) is 0 Å². The molecule has 3 N–H and O–H groups in total. The number of nitrogens with zero attached hydrogens (tertiary/aromatic N) is 4. The van der Waals surface area contributed by atoms with E-state index in [-0.39, 0.29) is 21.7 Å². The van der Waals surface area contributed by atoms with Gasteiger partial charge >= 0.3 is 0 Å². The minimum atomic E-state index is 0.177. The zero-order valence-corrected chi connectivity index (χ0v) is 79.8. The molecule has 0 bridgehead atoms. The average molecular weight is 1680 g/mol. The number of benzene rings is 12. The van der Waals surface area contributed by atoms with Gasteiger partial charge in [-0.3, -0.25) is 4.99 Å². The lowest BCUT2D eigenvalue weighted by Crippen LogP contribution is -2.13. The highest BCUT2D eigenvalue weighted by molar-refractivity contribution is 6.03. The van der Waals surface area contributed by atoms with Crippen molar-refractivity contribution in [2.75, 3.05) is 0 Å². The Labute approximate surface area is 760 Å². The Hall–Kier alpha value is -11.3. The number of allylic oxidation sites excluding steroid dienone is 2. The number of H-pyrrole nitrogens is 3. The second kappa shape index (κ2) is 31.3. The first-order valence-electron chi connectivity index (χ1n) is 48.6. The molecule has 7 heteroatoms. The van der Waals surface area contributed by atoms with Crippen LogP contribution in [0.1, 0.15) is 298 Å². The zero-order valence-electron chi connectivity index (χ0n) is 79.8. The molecule has 128 heavy (non-hydrogen) atoms. The van der Waals surface area contributed by atoms with E-state index < -0.39 is 0 Å². The largest absolute Gasteiger partial charge is 0.345 e. The van der Waals surface area contributed by atoms with Crippen LogP contribution in [-0.4, -0.2) is 35.6 Å². The summed E-state index contributed by atoms with van der Waals surface area (Å²) in [5, 5.41) is 11.1. The molecule has 0 saturated heterocycles. The van der Waals surface area contributed by atoms with Gasteiger partial charge in [0.05, 0.1) is 17.1 Å². The van der Waals surface area contributed by atoms with Crippen LogP contribution in [0, 0.1) is 5.92 Å². The summed E-state index contributed by atoms with van der Waals surface area (Å²) >= 11 is 0. The molecule has 0 unspecified atom stereocenters. The highest BCUT2D eigenvalue weighted by Gasteiger charge is 2.35. The molecule has 1 aliphatic heterocycles. The quantitative estimate of drug-likeness (QED) is 0.164. The van der Waals surface area contributed by atoms with Crippen LogP contribution in [-0.2, 0) is 118 Å². The Morgan fingerprint density at radius 1 is 0.242 bits per heavy atom. The normalized spacial score (nSPS) is 15.4. The predicted molar refractivity (Wildman–Crippen MR) is 541 cm³/mol. The minimum Gasteiger partial charge on any atom is -0.345 e. The van der Waals surface area contributed by atoms with Gasteiger partial charge in [-0.25, -0.2) is 15.0 Å². The van der Waals surface area contributed by atoms with E-state index in [9.17, 15) is 0 Å². The van der Waals surface area contributed by atoms with E-state index in [0.717, 1.165) is 127 Å². The molecular formula is C121H129N7. The van der Waals surface area contributed by atoms with Crippen LogP contribution < -0.4 is 0 Å². The summed E-state index contributed by atoms with van der Waals surface area (Å²) in [6.07, 6.45) is 18.8. The van der Waals surface area contributed by atoms with Crippen molar-refractivity contribution in [1.82, 2.24) is 29.9 Å². The van der Waals surface area contributed by atoms with Gasteiger partial charge in [-0.1, -0.05) is 290 Å². The molecule has 4 heterocycles. The number of imidazole rings is 3. The van der Waals surface area contributed by atoms with Crippen LogP contribution >= 0.6 is 0 Å². The second-order valence-electron chi connectivity index (χ2n) is 44.4. The van der Waals surface area contributed by atoms with Gasteiger partial charge in [-0.05, 0) is 336 Å². The highest BCUT2D eigenvalue weighted by Crippen LogP contribution is 2.51. The summed E-state index contributed by atoms with van der Waals surface area (Å²) in [4.78, 5) is 30.8. The molecular weight excluding hydrogens is 1550 g/mol. The van der Waals surface area contributed by atoms with E-state index in [1.165, 1.54) is 239 Å². The zero-order chi connectivity index (χ0) is 88.8. The summed E-state index contributed by atoms with van der Waals surface area (Å²) in [5.74, 6) is 5.19. The van der Waals surface area contributed by atoms with Crippen LogP contribution in [0.2, 0.25) is 0 Å². The van der Waals surface area contributed by atoms with Crippen molar-refractivity contribution >= 4 is 54.4 Å². The summed E-state index contributed by atoms with van der Waals surface area (Å²) in [6, 6.07) is 66.8. The number of hydrogen-bond acceptors (Lipinski definition) is 4. The standard InChI is InChI=1S/C31H33N.3C30H32N2/c1-18(2)30-17-28-27-16-21-7-6-20-12-23-13-24(31(3,4)5)10-8-19(23)14-25(20)26(21)15-22(27)9-11-29(28)32-30;1-17(2)29-31-27-13-8-20-15-25-19(16-26(20)28(27)32-29)7-10-23-22-12-9-21(30(3,4)5)14-18(22)6-11-24(23)25;1-17(2)29-31-27-13-12-23-22-9-7-19-14-20-15-21(30(3,4)5)8-6-18(20)16-26(19)24(22)10-11-25(23)28(27)32-29;1-17(2)29-31-27-15-14-25-24-11-10-21-20-9-7-19(30(3,4)5)16-18(20)6-8-22(21)23(24)12-13-26(25)28(27)32-29/h8,10,12-16,18H,6-7,9,11,17H2,1-5H3;6,9,11-12,14-17H,7-8,10,13H2,1-5H3,(H,31,32);6,8,10-11,14-17H,7,9,12-13H2,1-5H3,(H,31,32);6-9,12-13,16-17H,10-11,14-15H2,1-5H3,(H,31,32). The minimum absolute atomic E-state index is 0.177. The molecule has 648 valence electrons. The van der Waals surface area contributed by atoms with E-state index in [4.69, 9.17) is 19.9 Å². The maximum atomic E-state index is 5.01. The lowest BCUT2D eigenvalue weighted by molar-refractivity contribution is 0.591. The van der Waals surface area contributed by atoms with Crippen LogP contribution in [0.4, 0.5) is 0 Å². The van der Waals surface area contributed by atoms with Crippen molar-refractivity contribution in [1.29, 1.82) is 0 Å². The smallest absolute Gasteiger partial charge is 0.109 e. The molecule has 9 aliphatic rings. The fraction of sp³-hybridized carbons (Fsp3) is 0.372. The Balaban J connectivity index is 0.000000104. The highest BCUT2D eigenvalue weighted by atomic mass is 15.0. The van der Waals surface area contributed by atoms with Crippen molar-refractivity contribution in [3.05, 3.63) is 305 Å². The summed E-state index contributed by atoms with van der Waals surface area (Å²) in [5.41, 5.74) is 53.4. The first-order valence-corrected chi connectivity index (χ1v) is 48.6. The van der Waals surface area contributed by atoms with Gasteiger partial charge in [0, 0.05) is 69.4 Å². The number of nitrogens with one attached hydrogen (secondary N) is 3. The molecule has 0 saturated carbocycles. The molecule has 3 aromatic heterocycles. The van der Waals surface area contributed by atoms with Crippen molar-refractivity contribution < 1.29 is 0 Å². The van der Waals surface area contributed by atoms with E-state index in [2.05, 4.69) is 323 Å². The maximum Gasteiger partial charge on any atom is 0.109 e. The molecule has 7 nitrogen and oxygen atoms in total. The van der Waals surface area contributed by atoms with Gasteiger partial charge in [-0.2, -0.15) is 0 Å². The van der Waals surface area contributed by atoms with E-state index >= 15 is 0 Å². The Bertz CT molecular complexity index is 6900. The fourth-order valence-corrected chi connectivity index (χ4v) is 22.7. The van der Waals surface area contributed by atoms with E-state index in [1.54, 1.807) is 11.1 Å².